The highest BCUT2D eigenvalue weighted by Crippen LogP contribution is 2.39. The zero-order valence-electron chi connectivity index (χ0n) is 13.9. The van der Waals surface area contributed by atoms with Crippen molar-refractivity contribution < 1.29 is 5.11 Å². The summed E-state index contributed by atoms with van der Waals surface area (Å²) >= 11 is 6.90. The third kappa shape index (κ3) is 2.75. The van der Waals surface area contributed by atoms with Gasteiger partial charge in [-0.2, -0.15) is 0 Å². The molecule has 0 saturated heterocycles. The number of benzene rings is 2. The number of aryl methyl sites for hydroxylation is 1. The number of fused-ring (bicyclic) bond motifs is 1. The number of para-hydroxylation sites is 1. The summed E-state index contributed by atoms with van der Waals surface area (Å²) in [6, 6.07) is 16.0. The van der Waals surface area contributed by atoms with Gasteiger partial charge in [-0.25, -0.2) is 0 Å². The van der Waals surface area contributed by atoms with Gasteiger partial charge in [-0.3, -0.25) is 9.56 Å². The van der Waals surface area contributed by atoms with E-state index >= 15 is 0 Å². The third-order valence-electron chi connectivity index (χ3n) is 4.22. The van der Waals surface area contributed by atoms with Crippen LogP contribution >= 0.6 is 23.6 Å². The summed E-state index contributed by atoms with van der Waals surface area (Å²) in [5.41, 5.74) is 6.02. The molecule has 0 amide bonds. The number of aliphatic imine (C=N–C) groups is 1. The highest BCUT2D eigenvalue weighted by atomic mass is 32.1. The summed E-state index contributed by atoms with van der Waals surface area (Å²) in [5, 5.41) is 10.8. The lowest BCUT2D eigenvalue weighted by atomic mass is 10.0. The van der Waals surface area contributed by atoms with Crippen LogP contribution in [0.2, 0.25) is 0 Å². The van der Waals surface area contributed by atoms with Crippen molar-refractivity contribution in [2.24, 2.45) is 4.99 Å². The molecule has 0 bridgehead atoms. The van der Waals surface area contributed by atoms with Gasteiger partial charge in [0.05, 0.1) is 16.3 Å². The van der Waals surface area contributed by atoms with E-state index in [9.17, 15) is 5.11 Å². The molecule has 0 saturated carbocycles. The molecule has 1 aliphatic heterocycles. The van der Waals surface area contributed by atoms with Gasteiger partial charge in [0, 0.05) is 16.8 Å². The molecular weight excluding hydrogens is 348 g/mol. The average Bonchev–Trinajstić information content (AvgIpc) is 3.04. The molecule has 0 atom stereocenters. The maximum atomic E-state index is 10.8. The van der Waals surface area contributed by atoms with E-state index in [1.807, 2.05) is 62.4 Å². The largest absolute Gasteiger partial charge is 0.493 e. The predicted molar refractivity (Wildman–Crippen MR) is 108 cm³/mol. The Morgan fingerprint density at radius 2 is 1.92 bits per heavy atom. The van der Waals surface area contributed by atoms with Gasteiger partial charge in [0.1, 0.15) is 0 Å². The van der Waals surface area contributed by atoms with Crippen molar-refractivity contribution in [1.29, 1.82) is 0 Å². The Hall–Kier alpha value is -2.50. The quantitative estimate of drug-likeness (QED) is 0.572. The second-order valence-corrected chi connectivity index (χ2v) is 7.68. The van der Waals surface area contributed by atoms with Crippen LogP contribution in [0.15, 0.2) is 53.5 Å². The minimum Gasteiger partial charge on any atom is -0.493 e. The van der Waals surface area contributed by atoms with Crippen LogP contribution in [0.4, 0.5) is 5.69 Å². The van der Waals surface area contributed by atoms with E-state index < -0.39 is 0 Å². The SMILES string of the molecule is CC1=Nc2ccccc2/C1=C\c1sc(=S)n(-c2cccc(C)c2)c1O. The molecule has 0 aliphatic carbocycles. The topological polar surface area (TPSA) is 37.5 Å². The molecule has 2 heterocycles. The molecule has 0 radical (unpaired) electrons. The average molecular weight is 364 g/mol. The van der Waals surface area contributed by atoms with Crippen molar-refractivity contribution in [3.05, 3.63) is 68.5 Å². The second-order valence-electron chi connectivity index (χ2n) is 6.00. The molecule has 4 rings (SSSR count). The fraction of sp³-hybridized carbons (Fsp3) is 0.100. The summed E-state index contributed by atoms with van der Waals surface area (Å²) in [6.07, 6.45) is 1.98. The predicted octanol–water partition coefficient (Wildman–Crippen LogP) is 5.93. The minimum absolute atomic E-state index is 0.172. The van der Waals surface area contributed by atoms with Crippen LogP contribution in [-0.2, 0) is 0 Å². The van der Waals surface area contributed by atoms with Crippen molar-refractivity contribution in [3.63, 3.8) is 0 Å². The van der Waals surface area contributed by atoms with Crippen molar-refractivity contribution >= 4 is 46.6 Å². The van der Waals surface area contributed by atoms with E-state index in [0.717, 1.165) is 38.7 Å². The number of allylic oxidation sites excluding steroid dienone is 1. The lowest BCUT2D eigenvalue weighted by molar-refractivity contribution is 0.441. The molecule has 0 unspecified atom stereocenters. The Labute approximate surface area is 155 Å². The third-order valence-corrected chi connectivity index (χ3v) is 5.53. The van der Waals surface area contributed by atoms with Crippen LogP contribution in [0.5, 0.6) is 5.88 Å². The van der Waals surface area contributed by atoms with Gasteiger partial charge >= 0.3 is 0 Å². The number of aromatic hydroxyl groups is 1. The van der Waals surface area contributed by atoms with Gasteiger partial charge in [-0.1, -0.05) is 30.3 Å². The zero-order chi connectivity index (χ0) is 17.6. The lowest BCUT2D eigenvalue weighted by Crippen LogP contribution is -1.94. The molecule has 3 aromatic rings. The number of aromatic nitrogens is 1. The van der Waals surface area contributed by atoms with E-state index in [4.69, 9.17) is 12.2 Å². The van der Waals surface area contributed by atoms with Crippen molar-refractivity contribution in [2.45, 2.75) is 13.8 Å². The maximum Gasteiger partial charge on any atom is 0.215 e. The molecule has 5 heteroatoms. The highest BCUT2D eigenvalue weighted by Gasteiger charge is 2.19. The van der Waals surface area contributed by atoms with Gasteiger partial charge in [0.15, 0.2) is 3.95 Å². The molecular formula is C20H16N2OS2. The molecule has 0 spiro atoms. The van der Waals surface area contributed by atoms with Crippen LogP contribution in [0.1, 0.15) is 22.9 Å². The number of thiazole rings is 1. The summed E-state index contributed by atoms with van der Waals surface area (Å²) in [7, 11) is 0. The fourth-order valence-electron chi connectivity index (χ4n) is 3.02. The minimum atomic E-state index is 0.172. The van der Waals surface area contributed by atoms with Gasteiger partial charge in [0.25, 0.3) is 0 Å². The molecule has 1 aromatic heterocycles. The monoisotopic (exact) mass is 364 g/mol. The Kier molecular flexibility index (Phi) is 3.90. The summed E-state index contributed by atoms with van der Waals surface area (Å²) in [6.45, 7) is 4.01. The Bertz CT molecular complexity index is 1100. The summed E-state index contributed by atoms with van der Waals surface area (Å²) in [4.78, 5) is 5.34. The van der Waals surface area contributed by atoms with Gasteiger partial charge in [-0.05, 0) is 55.9 Å². The van der Waals surface area contributed by atoms with E-state index in [1.165, 1.54) is 11.3 Å². The first kappa shape index (κ1) is 16.0. The number of hydrogen-bond acceptors (Lipinski definition) is 4. The smallest absolute Gasteiger partial charge is 0.215 e. The Balaban J connectivity index is 1.85. The molecule has 124 valence electrons. The Morgan fingerprint density at radius 3 is 2.72 bits per heavy atom. The van der Waals surface area contributed by atoms with E-state index in [2.05, 4.69) is 11.1 Å². The molecule has 1 N–H and O–H groups in total. The highest BCUT2D eigenvalue weighted by molar-refractivity contribution is 7.73. The number of nitrogens with zero attached hydrogens (tertiary/aromatic N) is 2. The van der Waals surface area contributed by atoms with E-state index in [0.29, 0.717) is 3.95 Å². The van der Waals surface area contributed by atoms with Crippen molar-refractivity contribution in [3.8, 4) is 11.6 Å². The van der Waals surface area contributed by atoms with Crippen LogP contribution in [0.3, 0.4) is 0 Å². The van der Waals surface area contributed by atoms with Gasteiger partial charge in [-0.15, -0.1) is 11.3 Å². The lowest BCUT2D eigenvalue weighted by Gasteiger charge is -2.06. The summed E-state index contributed by atoms with van der Waals surface area (Å²) in [5.74, 6) is 0.172. The van der Waals surface area contributed by atoms with Crippen molar-refractivity contribution in [2.75, 3.05) is 0 Å². The summed E-state index contributed by atoms with van der Waals surface area (Å²) < 4.78 is 2.34. The van der Waals surface area contributed by atoms with Gasteiger partial charge < -0.3 is 5.11 Å². The molecule has 1 aliphatic rings. The fourth-order valence-corrected chi connectivity index (χ4v) is 4.31. The van der Waals surface area contributed by atoms with E-state index in [1.54, 1.807) is 4.57 Å². The molecule has 3 nitrogen and oxygen atoms in total. The second kappa shape index (κ2) is 6.10. The maximum absolute atomic E-state index is 10.8. The number of hydrogen-bond donors (Lipinski definition) is 1. The zero-order valence-corrected chi connectivity index (χ0v) is 15.5. The molecule has 0 fully saturated rings. The Morgan fingerprint density at radius 1 is 1.12 bits per heavy atom. The number of rotatable bonds is 2. The first-order chi connectivity index (χ1) is 12.0. The van der Waals surface area contributed by atoms with Crippen LogP contribution < -0.4 is 0 Å². The van der Waals surface area contributed by atoms with Crippen molar-refractivity contribution in [1.82, 2.24) is 4.57 Å². The first-order valence-corrected chi connectivity index (χ1v) is 9.15. The van der Waals surface area contributed by atoms with Crippen LogP contribution in [0, 0.1) is 10.9 Å². The van der Waals surface area contributed by atoms with E-state index in [-0.39, 0.29) is 5.88 Å². The van der Waals surface area contributed by atoms with Crippen LogP contribution in [-0.4, -0.2) is 15.4 Å². The molecule has 2 aromatic carbocycles. The normalized spacial score (nSPS) is 14.6. The standard InChI is InChI=1S/C20H16N2OS2/c1-12-6-5-7-14(10-12)22-19(23)18(25-20(22)24)11-16-13(2)21-17-9-4-3-8-15(16)17/h3-11,23H,1-2H3/b16-11-. The first-order valence-electron chi connectivity index (χ1n) is 7.93. The van der Waals surface area contributed by atoms with Crippen LogP contribution in [0.25, 0.3) is 17.3 Å². The molecule has 25 heavy (non-hydrogen) atoms. The van der Waals surface area contributed by atoms with Gasteiger partial charge in [0.2, 0.25) is 5.88 Å².